The molecular weight excluding hydrogens is 238 g/mol. The Balaban J connectivity index is 1.89. The molecule has 0 spiro atoms. The van der Waals surface area contributed by atoms with Crippen molar-refractivity contribution in [2.45, 2.75) is 38.7 Å². The minimum atomic E-state index is 0.457. The van der Waals surface area contributed by atoms with Crippen molar-refractivity contribution in [3.63, 3.8) is 0 Å². The molecule has 1 aromatic heterocycles. The van der Waals surface area contributed by atoms with Gasteiger partial charge in [-0.2, -0.15) is 5.26 Å². The van der Waals surface area contributed by atoms with Gasteiger partial charge in [-0.3, -0.25) is 0 Å². The zero-order chi connectivity index (χ0) is 13.8. The molecule has 0 aromatic carbocycles. The molecule has 0 radical (unpaired) electrons. The summed E-state index contributed by atoms with van der Waals surface area (Å²) in [5.74, 6) is 1.91. The summed E-state index contributed by atoms with van der Waals surface area (Å²) in [7, 11) is 1.78. The van der Waals surface area contributed by atoms with E-state index in [-0.39, 0.29) is 0 Å². The maximum Gasteiger partial charge on any atom is 0.123 e. The first-order chi connectivity index (χ1) is 9.13. The third-order valence-corrected chi connectivity index (χ3v) is 4.27. The summed E-state index contributed by atoms with van der Waals surface area (Å²) in [6.45, 7) is 2.28. The largest absolute Gasteiger partial charge is 0.384 e. The van der Waals surface area contributed by atoms with Crippen LogP contribution in [-0.4, -0.2) is 18.2 Å². The number of aromatic nitrogens is 1. The summed E-state index contributed by atoms with van der Waals surface area (Å²) < 4.78 is 5.31. The van der Waals surface area contributed by atoms with Crippen LogP contribution in [0.1, 0.15) is 37.3 Å². The summed E-state index contributed by atoms with van der Waals surface area (Å²) >= 11 is 0. The van der Waals surface area contributed by atoms with Gasteiger partial charge in [0.15, 0.2) is 0 Å². The van der Waals surface area contributed by atoms with Crippen LogP contribution in [0.25, 0.3) is 0 Å². The third kappa shape index (κ3) is 3.24. The normalized spacial score (nSPS) is 23.4. The van der Waals surface area contributed by atoms with Crippen molar-refractivity contribution in [2.24, 2.45) is 11.8 Å². The molecule has 0 saturated heterocycles. The predicted octanol–water partition coefficient (Wildman–Crippen LogP) is 2.53. The lowest BCUT2D eigenvalue weighted by Gasteiger charge is -2.38. The maximum absolute atomic E-state index is 9.06. The molecule has 1 fully saturated rings. The van der Waals surface area contributed by atoms with Crippen LogP contribution < -0.4 is 5.73 Å². The number of hydrogen-bond acceptors (Lipinski definition) is 4. The van der Waals surface area contributed by atoms with Crippen molar-refractivity contribution in [1.29, 1.82) is 5.26 Å². The molecule has 0 amide bonds. The van der Waals surface area contributed by atoms with Gasteiger partial charge in [-0.05, 0) is 49.1 Å². The quantitative estimate of drug-likeness (QED) is 0.882. The number of rotatable bonds is 5. The second-order valence-corrected chi connectivity index (χ2v) is 5.48. The van der Waals surface area contributed by atoms with E-state index < -0.39 is 0 Å². The molecule has 19 heavy (non-hydrogen) atoms. The fourth-order valence-electron chi connectivity index (χ4n) is 2.71. The number of nitrogens with two attached hydrogens (primary N) is 1. The number of anilines is 1. The second-order valence-electron chi connectivity index (χ2n) is 5.48. The minimum absolute atomic E-state index is 0.457. The Kier molecular flexibility index (Phi) is 4.39. The number of nitrogens with zero attached hydrogens (tertiary/aromatic N) is 2. The van der Waals surface area contributed by atoms with E-state index in [1.807, 2.05) is 6.07 Å². The number of pyridine rings is 1. The fraction of sp³-hybridized carbons (Fsp3) is 0.600. The summed E-state index contributed by atoms with van der Waals surface area (Å²) in [6, 6.07) is 4.01. The molecule has 1 atom stereocenters. The summed E-state index contributed by atoms with van der Waals surface area (Å²) in [6.07, 6.45) is 6.34. The average Bonchev–Trinajstić information content (AvgIpc) is 2.35. The Morgan fingerprint density at radius 1 is 1.58 bits per heavy atom. The predicted molar refractivity (Wildman–Crippen MR) is 74.4 cm³/mol. The Morgan fingerprint density at radius 3 is 2.95 bits per heavy atom. The monoisotopic (exact) mass is 259 g/mol. The number of nitriles is 1. The van der Waals surface area contributed by atoms with Crippen molar-refractivity contribution >= 4 is 5.82 Å². The summed E-state index contributed by atoms with van der Waals surface area (Å²) in [5.41, 5.74) is 7.35. The van der Waals surface area contributed by atoms with Crippen LogP contribution in [-0.2, 0) is 11.2 Å². The molecule has 1 saturated carbocycles. The Hall–Kier alpha value is -1.60. The molecule has 4 heteroatoms. The van der Waals surface area contributed by atoms with Gasteiger partial charge < -0.3 is 10.5 Å². The lowest BCUT2D eigenvalue weighted by Crippen LogP contribution is -2.34. The van der Waals surface area contributed by atoms with Gasteiger partial charge in [0.25, 0.3) is 0 Å². The molecule has 2 N–H and O–H groups in total. The Bertz CT molecular complexity index is 475. The highest BCUT2D eigenvalue weighted by Gasteiger charge is 2.32. The van der Waals surface area contributed by atoms with E-state index in [1.54, 1.807) is 13.3 Å². The van der Waals surface area contributed by atoms with Crippen LogP contribution >= 0.6 is 0 Å². The molecule has 0 aliphatic heterocycles. The first-order valence-corrected chi connectivity index (χ1v) is 6.81. The third-order valence-electron chi connectivity index (χ3n) is 4.27. The van der Waals surface area contributed by atoms with E-state index in [9.17, 15) is 0 Å². The molecule has 1 heterocycles. The maximum atomic E-state index is 9.06. The van der Waals surface area contributed by atoms with Crippen molar-refractivity contribution in [1.82, 2.24) is 4.98 Å². The van der Waals surface area contributed by atoms with Crippen molar-refractivity contribution < 1.29 is 4.74 Å². The zero-order valence-corrected chi connectivity index (χ0v) is 11.6. The van der Waals surface area contributed by atoms with Crippen LogP contribution in [0.4, 0.5) is 5.82 Å². The van der Waals surface area contributed by atoms with E-state index in [0.29, 0.717) is 23.4 Å². The van der Waals surface area contributed by atoms with Gasteiger partial charge in [0.2, 0.25) is 0 Å². The first kappa shape index (κ1) is 13.8. The van der Waals surface area contributed by atoms with Crippen LogP contribution in [0.15, 0.2) is 12.3 Å². The van der Waals surface area contributed by atoms with Gasteiger partial charge in [-0.25, -0.2) is 4.98 Å². The highest BCUT2D eigenvalue weighted by Crippen LogP contribution is 2.37. The highest BCUT2D eigenvalue weighted by atomic mass is 16.5. The SMILES string of the molecule is COC1CC(C(C)CCc2cc(N)ncc2C#N)C1. The molecule has 1 aliphatic carbocycles. The molecule has 1 unspecified atom stereocenters. The second kappa shape index (κ2) is 6.03. The van der Waals surface area contributed by atoms with E-state index in [0.717, 1.165) is 24.3 Å². The van der Waals surface area contributed by atoms with Gasteiger partial charge in [0, 0.05) is 13.3 Å². The summed E-state index contributed by atoms with van der Waals surface area (Å²) in [5, 5.41) is 9.06. The zero-order valence-electron chi connectivity index (χ0n) is 11.6. The lowest BCUT2D eigenvalue weighted by atomic mass is 9.72. The van der Waals surface area contributed by atoms with Crippen LogP contribution in [0, 0.1) is 23.2 Å². The van der Waals surface area contributed by atoms with Gasteiger partial charge >= 0.3 is 0 Å². The van der Waals surface area contributed by atoms with Crippen molar-refractivity contribution in [3.05, 3.63) is 23.4 Å². The van der Waals surface area contributed by atoms with Crippen LogP contribution in [0.2, 0.25) is 0 Å². The first-order valence-electron chi connectivity index (χ1n) is 6.81. The molecule has 102 valence electrons. The van der Waals surface area contributed by atoms with Crippen LogP contribution in [0.5, 0.6) is 0 Å². The molecule has 1 aromatic rings. The van der Waals surface area contributed by atoms with E-state index >= 15 is 0 Å². The van der Waals surface area contributed by atoms with Gasteiger partial charge in [-0.1, -0.05) is 6.92 Å². The Morgan fingerprint density at radius 2 is 2.32 bits per heavy atom. The topological polar surface area (TPSA) is 71.9 Å². The molecule has 1 aliphatic rings. The number of methoxy groups -OCH3 is 1. The smallest absolute Gasteiger partial charge is 0.123 e. The number of aryl methyl sites for hydroxylation is 1. The average molecular weight is 259 g/mol. The Labute approximate surface area is 114 Å². The van der Waals surface area contributed by atoms with Gasteiger partial charge in [0.1, 0.15) is 11.9 Å². The summed E-state index contributed by atoms with van der Waals surface area (Å²) in [4.78, 5) is 3.96. The van der Waals surface area contributed by atoms with E-state index in [4.69, 9.17) is 15.7 Å². The molecule has 2 rings (SSSR count). The van der Waals surface area contributed by atoms with Crippen molar-refractivity contribution in [3.8, 4) is 6.07 Å². The lowest BCUT2D eigenvalue weighted by molar-refractivity contribution is -0.0186. The number of nitrogen functional groups attached to an aromatic ring is 1. The fourth-order valence-corrected chi connectivity index (χ4v) is 2.71. The minimum Gasteiger partial charge on any atom is -0.384 e. The van der Waals surface area contributed by atoms with Gasteiger partial charge in [-0.15, -0.1) is 0 Å². The molecular formula is C15H21N3O. The van der Waals surface area contributed by atoms with Gasteiger partial charge in [0.05, 0.1) is 11.7 Å². The number of ether oxygens (including phenoxy) is 1. The van der Waals surface area contributed by atoms with Crippen molar-refractivity contribution in [2.75, 3.05) is 12.8 Å². The molecule has 4 nitrogen and oxygen atoms in total. The molecule has 0 bridgehead atoms. The van der Waals surface area contributed by atoms with Crippen LogP contribution in [0.3, 0.4) is 0 Å². The van der Waals surface area contributed by atoms with E-state index in [1.165, 1.54) is 12.8 Å². The number of hydrogen-bond donors (Lipinski definition) is 1. The van der Waals surface area contributed by atoms with E-state index in [2.05, 4.69) is 18.0 Å². The standard InChI is InChI=1S/C15H21N3O/c1-10(12-5-14(6-12)19-2)3-4-11-7-15(17)18-9-13(11)8-16/h7,9-10,12,14H,3-6H2,1-2H3,(H2,17,18). The highest BCUT2D eigenvalue weighted by molar-refractivity contribution is 5.42.